The molecule has 0 saturated heterocycles. The van der Waals surface area contributed by atoms with E-state index in [0.717, 1.165) is 21.3 Å². The molecule has 0 bridgehead atoms. The highest BCUT2D eigenvalue weighted by Gasteiger charge is 2.12. The average molecular weight is 231 g/mol. The van der Waals surface area contributed by atoms with Crippen molar-refractivity contribution in [1.82, 2.24) is 4.98 Å². The summed E-state index contributed by atoms with van der Waals surface area (Å²) in [6.45, 7) is 0.416. The number of hydrogen-bond donors (Lipinski definition) is 2. The molecule has 0 aromatic carbocycles. The third kappa shape index (κ3) is 2.70. The van der Waals surface area contributed by atoms with Crippen molar-refractivity contribution in [3.05, 3.63) is 15.6 Å². The molecule has 0 radical (unpaired) electrons. The van der Waals surface area contributed by atoms with Crippen LogP contribution in [0.15, 0.2) is 0 Å². The maximum Gasteiger partial charge on any atom is 0.135 e. The zero-order valence-corrected chi connectivity index (χ0v) is 9.80. The number of hydrogen-bond acceptors (Lipinski definition) is 5. The summed E-state index contributed by atoms with van der Waals surface area (Å²) in [4.78, 5) is 5.10. The third-order valence-electron chi connectivity index (χ3n) is 1.54. The molecule has 0 saturated carbocycles. The van der Waals surface area contributed by atoms with Gasteiger partial charge in [0, 0.05) is 12.9 Å². The van der Waals surface area contributed by atoms with Gasteiger partial charge in [-0.05, 0) is 6.26 Å². The Kier molecular flexibility index (Phi) is 4.37. The second-order valence-electron chi connectivity index (χ2n) is 2.66. The van der Waals surface area contributed by atoms with Crippen LogP contribution in [0.2, 0.25) is 0 Å². The van der Waals surface area contributed by atoms with Crippen LogP contribution in [0, 0.1) is 5.41 Å². The van der Waals surface area contributed by atoms with Gasteiger partial charge in [-0.1, -0.05) is 0 Å². The van der Waals surface area contributed by atoms with Crippen LogP contribution in [-0.2, 0) is 17.1 Å². The van der Waals surface area contributed by atoms with Gasteiger partial charge in [-0.25, -0.2) is 4.98 Å². The second-order valence-corrected chi connectivity index (χ2v) is 4.61. The Morgan fingerprint density at radius 2 is 2.43 bits per heavy atom. The Morgan fingerprint density at radius 1 is 1.71 bits per heavy atom. The number of nitrogens with one attached hydrogen (secondary N) is 1. The minimum Gasteiger partial charge on any atom is -0.383 e. The molecule has 0 aliphatic heterocycles. The van der Waals surface area contributed by atoms with Crippen LogP contribution in [0.3, 0.4) is 0 Å². The Bertz CT molecular complexity index is 324. The Labute approximate surface area is 91.4 Å². The lowest BCUT2D eigenvalue weighted by Gasteiger charge is -1.97. The molecule has 0 fully saturated rings. The van der Waals surface area contributed by atoms with E-state index in [9.17, 15) is 0 Å². The van der Waals surface area contributed by atoms with Gasteiger partial charge in [-0.15, -0.1) is 11.3 Å². The van der Waals surface area contributed by atoms with E-state index in [4.69, 9.17) is 15.9 Å². The number of rotatable bonds is 5. The topological polar surface area (TPSA) is 72.0 Å². The first-order valence-electron chi connectivity index (χ1n) is 4.00. The predicted octanol–water partition coefficient (Wildman–Crippen LogP) is 1.44. The van der Waals surface area contributed by atoms with E-state index in [1.54, 1.807) is 18.9 Å². The van der Waals surface area contributed by atoms with Crippen molar-refractivity contribution in [3.8, 4) is 0 Å². The Hall–Kier alpha value is -0.590. The van der Waals surface area contributed by atoms with Crippen LogP contribution in [0.25, 0.3) is 0 Å². The third-order valence-corrected chi connectivity index (χ3v) is 3.41. The molecule has 78 valence electrons. The number of nitrogen functional groups attached to an aromatic ring is 1. The highest BCUT2D eigenvalue weighted by molar-refractivity contribution is 7.97. The van der Waals surface area contributed by atoms with E-state index in [0.29, 0.717) is 6.61 Å². The first kappa shape index (κ1) is 11.5. The van der Waals surface area contributed by atoms with Crippen LogP contribution in [0.4, 0.5) is 0 Å². The van der Waals surface area contributed by atoms with Crippen LogP contribution in [0.1, 0.15) is 15.6 Å². The summed E-state index contributed by atoms with van der Waals surface area (Å²) in [5.41, 5.74) is 6.22. The minimum atomic E-state index is 0.0712. The standard InChI is InChI=1S/C8H13N3OS2/c1-12-3-5-7(8(9)10)14-6(11-5)4-13-2/h3-4H2,1-2H3,(H3,9,10). The molecule has 1 rings (SSSR count). The summed E-state index contributed by atoms with van der Waals surface area (Å²) in [6, 6.07) is 0. The maximum absolute atomic E-state index is 7.39. The molecular weight excluding hydrogens is 218 g/mol. The zero-order chi connectivity index (χ0) is 10.6. The molecule has 6 heteroatoms. The molecule has 1 aromatic heterocycles. The molecule has 4 nitrogen and oxygen atoms in total. The minimum absolute atomic E-state index is 0.0712. The molecule has 14 heavy (non-hydrogen) atoms. The van der Waals surface area contributed by atoms with Crippen molar-refractivity contribution < 1.29 is 4.74 Å². The molecule has 3 N–H and O–H groups in total. The number of nitrogens with two attached hydrogens (primary N) is 1. The van der Waals surface area contributed by atoms with Crippen molar-refractivity contribution in [1.29, 1.82) is 5.41 Å². The second kappa shape index (κ2) is 5.33. The molecule has 0 unspecified atom stereocenters. The van der Waals surface area contributed by atoms with Gasteiger partial charge in [0.15, 0.2) is 0 Å². The first-order chi connectivity index (χ1) is 6.69. The van der Waals surface area contributed by atoms with Crippen molar-refractivity contribution in [2.75, 3.05) is 13.4 Å². The smallest absolute Gasteiger partial charge is 0.135 e. The van der Waals surface area contributed by atoms with Crippen LogP contribution in [0.5, 0.6) is 0 Å². The number of nitrogens with zero attached hydrogens (tertiary/aromatic N) is 1. The van der Waals surface area contributed by atoms with Crippen molar-refractivity contribution >= 4 is 28.9 Å². The lowest BCUT2D eigenvalue weighted by molar-refractivity contribution is 0.182. The number of thioether (sulfide) groups is 1. The largest absolute Gasteiger partial charge is 0.383 e. The normalized spacial score (nSPS) is 10.4. The fourth-order valence-corrected chi connectivity index (χ4v) is 2.66. The van der Waals surface area contributed by atoms with E-state index >= 15 is 0 Å². The van der Waals surface area contributed by atoms with Gasteiger partial charge in [0.1, 0.15) is 10.8 Å². The predicted molar refractivity (Wildman–Crippen MR) is 61.1 cm³/mol. The first-order valence-corrected chi connectivity index (χ1v) is 6.21. The Morgan fingerprint density at radius 3 is 2.93 bits per heavy atom. The summed E-state index contributed by atoms with van der Waals surface area (Å²) in [6.07, 6.45) is 2.02. The number of aromatic nitrogens is 1. The number of thiazole rings is 1. The molecule has 0 spiro atoms. The van der Waals surface area contributed by atoms with E-state index in [1.165, 1.54) is 11.3 Å². The highest BCUT2D eigenvalue weighted by Crippen LogP contribution is 2.21. The van der Waals surface area contributed by atoms with E-state index in [2.05, 4.69) is 4.98 Å². The fourth-order valence-electron chi connectivity index (χ4n) is 1.03. The number of methoxy groups -OCH3 is 1. The molecule has 0 aliphatic rings. The van der Waals surface area contributed by atoms with Gasteiger partial charge in [0.25, 0.3) is 0 Å². The summed E-state index contributed by atoms with van der Waals surface area (Å²) in [5, 5.41) is 8.38. The monoisotopic (exact) mass is 231 g/mol. The van der Waals surface area contributed by atoms with Crippen LogP contribution < -0.4 is 5.73 Å². The number of amidine groups is 1. The van der Waals surface area contributed by atoms with Gasteiger partial charge in [0.05, 0.1) is 17.2 Å². The lowest BCUT2D eigenvalue weighted by Crippen LogP contribution is -2.11. The Balaban J connectivity index is 2.93. The molecule has 1 aromatic rings. The SMILES string of the molecule is COCc1nc(CSC)sc1C(=N)N. The van der Waals surface area contributed by atoms with Crippen molar-refractivity contribution in [2.24, 2.45) is 5.73 Å². The summed E-state index contributed by atoms with van der Waals surface area (Å²) < 4.78 is 5.00. The van der Waals surface area contributed by atoms with E-state index < -0.39 is 0 Å². The molecule has 0 atom stereocenters. The van der Waals surface area contributed by atoms with Gasteiger partial charge in [-0.3, -0.25) is 5.41 Å². The summed E-state index contributed by atoms with van der Waals surface area (Å²) in [7, 11) is 1.61. The highest BCUT2D eigenvalue weighted by atomic mass is 32.2. The summed E-state index contributed by atoms with van der Waals surface area (Å²) in [5.74, 6) is 0.927. The van der Waals surface area contributed by atoms with Crippen LogP contribution >= 0.6 is 23.1 Å². The average Bonchev–Trinajstić information content (AvgIpc) is 2.49. The molecular formula is C8H13N3OS2. The molecule has 1 heterocycles. The van der Waals surface area contributed by atoms with Gasteiger partial charge >= 0.3 is 0 Å². The van der Waals surface area contributed by atoms with E-state index in [-0.39, 0.29) is 5.84 Å². The zero-order valence-electron chi connectivity index (χ0n) is 8.16. The molecule has 0 amide bonds. The van der Waals surface area contributed by atoms with E-state index in [1.807, 2.05) is 6.26 Å². The summed E-state index contributed by atoms with van der Waals surface area (Å²) >= 11 is 3.17. The quantitative estimate of drug-likeness (QED) is 0.594. The number of ether oxygens (including phenoxy) is 1. The lowest BCUT2D eigenvalue weighted by atomic mass is 10.3. The maximum atomic E-state index is 7.39. The molecule has 0 aliphatic carbocycles. The van der Waals surface area contributed by atoms with Gasteiger partial charge in [-0.2, -0.15) is 11.8 Å². The van der Waals surface area contributed by atoms with Crippen molar-refractivity contribution in [2.45, 2.75) is 12.4 Å². The van der Waals surface area contributed by atoms with Crippen molar-refractivity contribution in [3.63, 3.8) is 0 Å². The fraction of sp³-hybridized carbons (Fsp3) is 0.500. The van der Waals surface area contributed by atoms with Crippen LogP contribution in [-0.4, -0.2) is 24.2 Å². The van der Waals surface area contributed by atoms with Gasteiger partial charge in [0.2, 0.25) is 0 Å². The van der Waals surface area contributed by atoms with Gasteiger partial charge < -0.3 is 10.5 Å².